The zero-order chi connectivity index (χ0) is 13.3. The molecule has 3 rings (SSSR count). The Kier molecular flexibility index (Phi) is 3.91. The first-order valence-electron chi connectivity index (χ1n) is 7.59. The van der Waals surface area contributed by atoms with Gasteiger partial charge < -0.3 is 5.32 Å². The number of rotatable bonds is 4. The zero-order valence-corrected chi connectivity index (χ0v) is 12.9. The van der Waals surface area contributed by atoms with E-state index in [9.17, 15) is 0 Å². The van der Waals surface area contributed by atoms with Crippen LogP contribution in [0, 0.1) is 6.92 Å². The van der Waals surface area contributed by atoms with Gasteiger partial charge in [0.1, 0.15) is 0 Å². The van der Waals surface area contributed by atoms with Crippen molar-refractivity contribution in [3.05, 3.63) is 35.4 Å². The number of hydrogen-bond acceptors (Lipinski definition) is 2. The molecular weight excluding hydrogens is 250 g/mol. The van der Waals surface area contributed by atoms with Crippen LogP contribution in [0.5, 0.6) is 0 Å². The summed E-state index contributed by atoms with van der Waals surface area (Å²) in [6.45, 7) is 5.78. The predicted octanol–water partition coefficient (Wildman–Crippen LogP) is 4.12. The molecule has 0 spiro atoms. The third kappa shape index (κ3) is 3.17. The number of thioether (sulfide) groups is 1. The largest absolute Gasteiger partial charge is 0.313 e. The van der Waals surface area contributed by atoms with Crippen molar-refractivity contribution in [2.24, 2.45) is 0 Å². The summed E-state index contributed by atoms with van der Waals surface area (Å²) in [5.74, 6) is 2.15. The molecule has 1 nitrogen and oxygen atoms in total. The molecule has 1 N–H and O–H groups in total. The molecule has 1 atom stereocenters. The molecular formula is C17H25NS. The molecule has 2 fully saturated rings. The maximum atomic E-state index is 3.79. The monoisotopic (exact) mass is 275 g/mol. The van der Waals surface area contributed by atoms with E-state index < -0.39 is 0 Å². The van der Waals surface area contributed by atoms with Gasteiger partial charge in [0.25, 0.3) is 0 Å². The zero-order valence-electron chi connectivity index (χ0n) is 12.1. The van der Waals surface area contributed by atoms with Crippen LogP contribution >= 0.6 is 11.8 Å². The van der Waals surface area contributed by atoms with Gasteiger partial charge in [-0.05, 0) is 56.8 Å². The second-order valence-corrected chi connectivity index (χ2v) is 8.24. The molecule has 0 radical (unpaired) electrons. The molecule has 1 aliphatic carbocycles. The maximum absolute atomic E-state index is 3.79. The summed E-state index contributed by atoms with van der Waals surface area (Å²) in [6.07, 6.45) is 5.44. The molecule has 1 aromatic carbocycles. The third-order valence-electron chi connectivity index (χ3n) is 4.75. The van der Waals surface area contributed by atoms with E-state index in [4.69, 9.17) is 0 Å². The summed E-state index contributed by atoms with van der Waals surface area (Å²) < 4.78 is 0.509. The van der Waals surface area contributed by atoms with Gasteiger partial charge in [-0.15, -0.1) is 0 Å². The minimum atomic E-state index is 0.509. The van der Waals surface area contributed by atoms with Crippen molar-refractivity contribution < 1.29 is 0 Å². The van der Waals surface area contributed by atoms with Crippen LogP contribution in [-0.4, -0.2) is 23.1 Å². The van der Waals surface area contributed by atoms with Gasteiger partial charge in [-0.3, -0.25) is 0 Å². The minimum absolute atomic E-state index is 0.509. The van der Waals surface area contributed by atoms with E-state index in [1.165, 1.54) is 49.1 Å². The Morgan fingerprint density at radius 2 is 2.00 bits per heavy atom. The van der Waals surface area contributed by atoms with E-state index in [-0.39, 0.29) is 0 Å². The van der Waals surface area contributed by atoms with Gasteiger partial charge in [0.2, 0.25) is 0 Å². The standard InChI is InChI=1S/C17H25NS/c1-13-4-6-14(7-5-13)15-10-16(11-15)18-12-17(2)8-3-9-19-17/h4-7,15-16,18H,3,8-12H2,1-2H3. The topological polar surface area (TPSA) is 12.0 Å². The number of benzene rings is 1. The molecule has 19 heavy (non-hydrogen) atoms. The number of hydrogen-bond donors (Lipinski definition) is 1. The summed E-state index contributed by atoms with van der Waals surface area (Å²) in [6, 6.07) is 9.86. The lowest BCUT2D eigenvalue weighted by Gasteiger charge is -2.38. The second-order valence-electron chi connectivity index (χ2n) is 6.56. The quantitative estimate of drug-likeness (QED) is 0.887. The first kappa shape index (κ1) is 13.5. The lowest BCUT2D eigenvalue weighted by atomic mass is 9.75. The SMILES string of the molecule is Cc1ccc(C2CC(NCC3(C)CCCS3)C2)cc1. The van der Waals surface area contributed by atoms with E-state index >= 15 is 0 Å². The fraction of sp³-hybridized carbons (Fsp3) is 0.647. The van der Waals surface area contributed by atoms with E-state index in [0.29, 0.717) is 4.75 Å². The van der Waals surface area contributed by atoms with Crippen molar-refractivity contribution in [3.63, 3.8) is 0 Å². The second kappa shape index (κ2) is 5.49. The van der Waals surface area contributed by atoms with E-state index in [0.717, 1.165) is 12.0 Å². The molecule has 1 saturated heterocycles. The predicted molar refractivity (Wildman–Crippen MR) is 85.0 cm³/mol. The smallest absolute Gasteiger partial charge is 0.0256 e. The van der Waals surface area contributed by atoms with Crippen molar-refractivity contribution >= 4 is 11.8 Å². The molecule has 1 saturated carbocycles. The van der Waals surface area contributed by atoms with Gasteiger partial charge in [-0.2, -0.15) is 11.8 Å². The Hall–Kier alpha value is -0.470. The van der Waals surface area contributed by atoms with Crippen molar-refractivity contribution in [2.75, 3.05) is 12.3 Å². The Labute approximate surface area is 121 Å². The van der Waals surface area contributed by atoms with Crippen molar-refractivity contribution in [3.8, 4) is 0 Å². The van der Waals surface area contributed by atoms with Crippen LogP contribution in [0.2, 0.25) is 0 Å². The molecule has 1 aromatic rings. The highest BCUT2D eigenvalue weighted by Crippen LogP contribution is 2.40. The van der Waals surface area contributed by atoms with Gasteiger partial charge in [0.15, 0.2) is 0 Å². The first-order chi connectivity index (χ1) is 9.15. The van der Waals surface area contributed by atoms with Crippen LogP contribution < -0.4 is 5.32 Å². The van der Waals surface area contributed by atoms with Gasteiger partial charge in [0.05, 0.1) is 0 Å². The highest BCUT2D eigenvalue weighted by molar-refractivity contribution is 8.00. The van der Waals surface area contributed by atoms with Gasteiger partial charge in [0, 0.05) is 17.3 Å². The van der Waals surface area contributed by atoms with Crippen molar-refractivity contribution in [2.45, 2.75) is 56.2 Å². The van der Waals surface area contributed by atoms with Crippen LogP contribution in [0.15, 0.2) is 24.3 Å². The Balaban J connectivity index is 1.44. The molecule has 1 unspecified atom stereocenters. The fourth-order valence-corrected chi connectivity index (χ4v) is 4.49. The highest BCUT2D eigenvalue weighted by atomic mass is 32.2. The Morgan fingerprint density at radius 1 is 1.26 bits per heavy atom. The van der Waals surface area contributed by atoms with Crippen LogP contribution in [0.25, 0.3) is 0 Å². The third-order valence-corrected chi connectivity index (χ3v) is 6.29. The molecule has 0 bridgehead atoms. The molecule has 2 heteroatoms. The number of aryl methyl sites for hydroxylation is 1. The summed E-state index contributed by atoms with van der Waals surface area (Å²) >= 11 is 2.16. The highest BCUT2D eigenvalue weighted by Gasteiger charge is 2.34. The summed E-state index contributed by atoms with van der Waals surface area (Å²) in [5, 5.41) is 3.79. The van der Waals surface area contributed by atoms with Crippen LogP contribution in [-0.2, 0) is 0 Å². The van der Waals surface area contributed by atoms with Crippen molar-refractivity contribution in [1.29, 1.82) is 0 Å². The first-order valence-corrected chi connectivity index (χ1v) is 8.57. The Bertz CT molecular complexity index is 413. The molecule has 0 amide bonds. The lowest BCUT2D eigenvalue weighted by molar-refractivity contribution is 0.283. The molecule has 104 valence electrons. The average molecular weight is 275 g/mol. The summed E-state index contributed by atoms with van der Waals surface area (Å²) in [7, 11) is 0. The summed E-state index contributed by atoms with van der Waals surface area (Å²) in [5.41, 5.74) is 2.90. The normalized spacial score (nSPS) is 34.2. The van der Waals surface area contributed by atoms with Crippen LogP contribution in [0.4, 0.5) is 0 Å². The maximum Gasteiger partial charge on any atom is 0.0256 e. The van der Waals surface area contributed by atoms with E-state index in [1.807, 2.05) is 0 Å². The van der Waals surface area contributed by atoms with Gasteiger partial charge in [-0.1, -0.05) is 29.8 Å². The molecule has 0 aromatic heterocycles. The minimum Gasteiger partial charge on any atom is -0.313 e. The van der Waals surface area contributed by atoms with Crippen molar-refractivity contribution in [1.82, 2.24) is 5.32 Å². The molecule has 1 aliphatic heterocycles. The van der Waals surface area contributed by atoms with Crippen LogP contribution in [0.3, 0.4) is 0 Å². The summed E-state index contributed by atoms with van der Waals surface area (Å²) in [4.78, 5) is 0. The van der Waals surface area contributed by atoms with Gasteiger partial charge >= 0.3 is 0 Å². The number of nitrogens with one attached hydrogen (secondary N) is 1. The lowest BCUT2D eigenvalue weighted by Crippen LogP contribution is -2.45. The van der Waals surface area contributed by atoms with Gasteiger partial charge in [-0.25, -0.2) is 0 Å². The average Bonchev–Trinajstić information content (AvgIpc) is 2.77. The van der Waals surface area contributed by atoms with E-state index in [2.05, 4.69) is 55.2 Å². The van der Waals surface area contributed by atoms with Crippen LogP contribution in [0.1, 0.15) is 49.7 Å². The fourth-order valence-electron chi connectivity index (χ4n) is 3.23. The molecule has 2 aliphatic rings. The van der Waals surface area contributed by atoms with E-state index in [1.54, 1.807) is 0 Å². The Morgan fingerprint density at radius 3 is 2.63 bits per heavy atom. The molecule has 1 heterocycles.